The predicted octanol–water partition coefficient (Wildman–Crippen LogP) is 3.60. The number of fused-ring (bicyclic) bond motifs is 2. The molecule has 1 aliphatic rings. The normalized spacial score (nSPS) is 12.4. The second-order valence-corrected chi connectivity index (χ2v) is 5.42. The number of amides is 1. The zero-order valence-corrected chi connectivity index (χ0v) is 12.6. The highest BCUT2D eigenvalue weighted by molar-refractivity contribution is 5.99. The van der Waals surface area contributed by atoms with E-state index in [-0.39, 0.29) is 12.7 Å². The van der Waals surface area contributed by atoms with Crippen LogP contribution in [0.2, 0.25) is 0 Å². The summed E-state index contributed by atoms with van der Waals surface area (Å²) in [5.41, 5.74) is 2.84. The molecule has 0 saturated heterocycles. The van der Waals surface area contributed by atoms with Crippen LogP contribution in [0.15, 0.2) is 54.6 Å². The van der Waals surface area contributed by atoms with Crippen LogP contribution in [0.5, 0.6) is 11.5 Å². The average Bonchev–Trinajstić information content (AvgIpc) is 3.07. The molecule has 0 bridgehead atoms. The Hall–Kier alpha value is -3.01. The van der Waals surface area contributed by atoms with Gasteiger partial charge in [0, 0.05) is 12.6 Å². The van der Waals surface area contributed by atoms with Crippen LogP contribution < -0.4 is 14.8 Å². The standard InChI is InChI=1S/C19H15NO3/c1-20-19(21)16-5-4-12-8-13(2-3-14(12)9-16)15-6-7-17-18(10-15)23-11-22-17/h2-10H,11H2,1H3,(H,20,21). The molecular formula is C19H15NO3. The number of carbonyl (C=O) groups is 1. The minimum Gasteiger partial charge on any atom is -0.454 e. The van der Waals surface area contributed by atoms with E-state index >= 15 is 0 Å². The molecule has 0 aliphatic carbocycles. The molecular weight excluding hydrogens is 290 g/mol. The fourth-order valence-electron chi connectivity index (χ4n) is 2.79. The van der Waals surface area contributed by atoms with Crippen molar-refractivity contribution < 1.29 is 14.3 Å². The number of rotatable bonds is 2. The Kier molecular flexibility index (Phi) is 3.15. The summed E-state index contributed by atoms with van der Waals surface area (Å²) in [5, 5.41) is 4.77. The van der Waals surface area contributed by atoms with E-state index in [0.717, 1.165) is 33.4 Å². The maximum absolute atomic E-state index is 11.7. The number of carbonyl (C=O) groups excluding carboxylic acids is 1. The Morgan fingerprint density at radius 1 is 0.870 bits per heavy atom. The molecule has 4 nitrogen and oxygen atoms in total. The Morgan fingerprint density at radius 2 is 1.57 bits per heavy atom. The zero-order valence-electron chi connectivity index (χ0n) is 12.6. The molecule has 4 heteroatoms. The fraction of sp³-hybridized carbons (Fsp3) is 0.105. The van der Waals surface area contributed by atoms with Crippen LogP contribution in [0.1, 0.15) is 10.4 Å². The van der Waals surface area contributed by atoms with Crippen LogP contribution in [-0.2, 0) is 0 Å². The van der Waals surface area contributed by atoms with Gasteiger partial charge in [-0.25, -0.2) is 0 Å². The molecule has 0 unspecified atom stereocenters. The van der Waals surface area contributed by atoms with Gasteiger partial charge in [-0.3, -0.25) is 4.79 Å². The molecule has 0 atom stereocenters. The first-order chi connectivity index (χ1) is 11.2. The number of benzene rings is 3. The van der Waals surface area contributed by atoms with Crippen LogP contribution in [0.25, 0.3) is 21.9 Å². The lowest BCUT2D eigenvalue weighted by Gasteiger charge is -2.07. The quantitative estimate of drug-likeness (QED) is 0.787. The van der Waals surface area contributed by atoms with E-state index in [9.17, 15) is 4.79 Å². The summed E-state index contributed by atoms with van der Waals surface area (Å²) in [6, 6.07) is 17.8. The topological polar surface area (TPSA) is 47.6 Å². The van der Waals surface area contributed by atoms with Gasteiger partial charge in [0.2, 0.25) is 6.79 Å². The SMILES string of the molecule is CNC(=O)c1ccc2cc(-c3ccc4c(c3)OCO4)ccc2c1. The molecule has 0 saturated carbocycles. The van der Waals surface area contributed by atoms with E-state index in [1.54, 1.807) is 7.05 Å². The van der Waals surface area contributed by atoms with Crippen LogP contribution in [-0.4, -0.2) is 19.7 Å². The Bertz CT molecular complexity index is 918. The van der Waals surface area contributed by atoms with Gasteiger partial charge in [-0.1, -0.05) is 24.3 Å². The van der Waals surface area contributed by atoms with Gasteiger partial charge in [0.1, 0.15) is 0 Å². The molecule has 3 aromatic carbocycles. The van der Waals surface area contributed by atoms with Crippen molar-refractivity contribution in [2.45, 2.75) is 0 Å². The summed E-state index contributed by atoms with van der Waals surface area (Å²) in [5.74, 6) is 1.48. The van der Waals surface area contributed by atoms with Gasteiger partial charge in [-0.15, -0.1) is 0 Å². The molecule has 4 rings (SSSR count). The minimum atomic E-state index is -0.0771. The highest BCUT2D eigenvalue weighted by Gasteiger charge is 2.14. The molecule has 1 aliphatic heterocycles. The van der Waals surface area contributed by atoms with Gasteiger partial charge in [0.05, 0.1) is 0 Å². The van der Waals surface area contributed by atoms with Gasteiger partial charge >= 0.3 is 0 Å². The van der Waals surface area contributed by atoms with E-state index in [4.69, 9.17) is 9.47 Å². The molecule has 0 fully saturated rings. The minimum absolute atomic E-state index is 0.0771. The monoisotopic (exact) mass is 305 g/mol. The smallest absolute Gasteiger partial charge is 0.251 e. The van der Waals surface area contributed by atoms with Gasteiger partial charge in [-0.2, -0.15) is 0 Å². The number of hydrogen-bond acceptors (Lipinski definition) is 3. The Labute approximate surface area is 133 Å². The lowest BCUT2D eigenvalue weighted by Crippen LogP contribution is -2.17. The molecule has 0 radical (unpaired) electrons. The van der Waals surface area contributed by atoms with Gasteiger partial charge in [-0.05, 0) is 52.2 Å². The lowest BCUT2D eigenvalue weighted by atomic mass is 9.99. The molecule has 0 spiro atoms. The van der Waals surface area contributed by atoms with Crippen molar-refractivity contribution in [2.75, 3.05) is 13.8 Å². The molecule has 1 heterocycles. The zero-order chi connectivity index (χ0) is 15.8. The largest absolute Gasteiger partial charge is 0.454 e. The number of ether oxygens (including phenoxy) is 2. The van der Waals surface area contributed by atoms with Crippen molar-refractivity contribution >= 4 is 16.7 Å². The van der Waals surface area contributed by atoms with Gasteiger partial charge in [0.25, 0.3) is 5.91 Å². The second kappa shape index (κ2) is 5.32. The summed E-state index contributed by atoms with van der Waals surface area (Å²) in [7, 11) is 1.63. The van der Waals surface area contributed by atoms with Crippen LogP contribution in [0, 0.1) is 0 Å². The molecule has 23 heavy (non-hydrogen) atoms. The van der Waals surface area contributed by atoms with Crippen molar-refractivity contribution in [3.8, 4) is 22.6 Å². The number of hydrogen-bond donors (Lipinski definition) is 1. The van der Waals surface area contributed by atoms with E-state index in [0.29, 0.717) is 5.56 Å². The maximum atomic E-state index is 11.7. The first-order valence-corrected chi connectivity index (χ1v) is 7.40. The van der Waals surface area contributed by atoms with Gasteiger partial charge < -0.3 is 14.8 Å². The molecule has 114 valence electrons. The summed E-state index contributed by atoms with van der Waals surface area (Å²) in [6.07, 6.45) is 0. The van der Waals surface area contributed by atoms with Crippen molar-refractivity contribution in [1.82, 2.24) is 5.32 Å². The fourth-order valence-corrected chi connectivity index (χ4v) is 2.79. The summed E-state index contributed by atoms with van der Waals surface area (Å²) in [4.78, 5) is 11.7. The lowest BCUT2D eigenvalue weighted by molar-refractivity contribution is 0.0963. The maximum Gasteiger partial charge on any atom is 0.251 e. The van der Waals surface area contributed by atoms with Crippen molar-refractivity contribution in [2.24, 2.45) is 0 Å². The summed E-state index contributed by atoms with van der Waals surface area (Å²) >= 11 is 0. The molecule has 0 aromatic heterocycles. The van der Waals surface area contributed by atoms with Crippen LogP contribution >= 0.6 is 0 Å². The van der Waals surface area contributed by atoms with Crippen LogP contribution in [0.3, 0.4) is 0 Å². The average molecular weight is 305 g/mol. The van der Waals surface area contributed by atoms with E-state index in [1.807, 2.05) is 48.5 Å². The second-order valence-electron chi connectivity index (χ2n) is 5.42. The highest BCUT2D eigenvalue weighted by Crippen LogP contribution is 2.36. The Balaban J connectivity index is 1.75. The number of nitrogens with one attached hydrogen (secondary N) is 1. The third-order valence-electron chi connectivity index (χ3n) is 4.04. The molecule has 1 amide bonds. The molecule has 3 aromatic rings. The van der Waals surface area contributed by atoms with E-state index in [2.05, 4.69) is 11.4 Å². The predicted molar refractivity (Wildman–Crippen MR) is 88.9 cm³/mol. The first kappa shape index (κ1) is 13.6. The van der Waals surface area contributed by atoms with Gasteiger partial charge in [0.15, 0.2) is 11.5 Å². The summed E-state index contributed by atoms with van der Waals surface area (Å²) < 4.78 is 10.8. The third-order valence-corrected chi connectivity index (χ3v) is 4.04. The van der Waals surface area contributed by atoms with Crippen molar-refractivity contribution in [3.05, 3.63) is 60.2 Å². The van der Waals surface area contributed by atoms with E-state index in [1.165, 1.54) is 0 Å². The van der Waals surface area contributed by atoms with Crippen molar-refractivity contribution in [1.29, 1.82) is 0 Å². The Morgan fingerprint density at radius 3 is 2.43 bits per heavy atom. The molecule has 1 N–H and O–H groups in total. The van der Waals surface area contributed by atoms with Crippen molar-refractivity contribution in [3.63, 3.8) is 0 Å². The summed E-state index contributed by atoms with van der Waals surface area (Å²) in [6.45, 7) is 0.277. The third kappa shape index (κ3) is 2.38. The highest BCUT2D eigenvalue weighted by atomic mass is 16.7. The van der Waals surface area contributed by atoms with Crippen LogP contribution in [0.4, 0.5) is 0 Å². The van der Waals surface area contributed by atoms with E-state index < -0.39 is 0 Å². The first-order valence-electron chi connectivity index (χ1n) is 7.40.